The van der Waals surface area contributed by atoms with E-state index in [9.17, 15) is 14.5 Å². The molecular weight excluding hydrogens is 339 g/mol. The van der Waals surface area contributed by atoms with Crippen LogP contribution >= 0.6 is 0 Å². The molecule has 0 fully saturated rings. The van der Waals surface area contributed by atoms with Gasteiger partial charge in [-0.15, -0.1) is 0 Å². The zero-order chi connectivity index (χ0) is 18.1. The molecule has 1 N–H and O–H groups in total. The second-order valence-corrected chi connectivity index (χ2v) is 5.70. The van der Waals surface area contributed by atoms with Crippen LogP contribution < -0.4 is 5.32 Å². The van der Waals surface area contributed by atoms with Gasteiger partial charge < -0.3 is 9.84 Å². The van der Waals surface area contributed by atoms with Crippen molar-refractivity contribution >= 4 is 11.5 Å². The Kier molecular flexibility index (Phi) is 3.92. The van der Waals surface area contributed by atoms with Crippen LogP contribution in [0.3, 0.4) is 0 Å². The first-order valence-electron chi connectivity index (χ1n) is 7.92. The molecule has 1 aliphatic heterocycles. The minimum atomic E-state index is -0.458. The van der Waals surface area contributed by atoms with Gasteiger partial charge in [0.2, 0.25) is 0 Å². The van der Waals surface area contributed by atoms with Crippen LogP contribution in [0.15, 0.2) is 58.0 Å². The SMILES string of the molecule is O=[N+]([O-])c1ccc(-c2noc(-c3ccc(F)cc3)c2C2=NCCN2)cc1. The minimum Gasteiger partial charge on any atom is -0.368 e. The highest BCUT2D eigenvalue weighted by molar-refractivity contribution is 6.08. The van der Waals surface area contributed by atoms with Crippen molar-refractivity contribution in [3.05, 3.63) is 70.0 Å². The van der Waals surface area contributed by atoms with E-state index in [4.69, 9.17) is 4.52 Å². The van der Waals surface area contributed by atoms with Gasteiger partial charge in [0.15, 0.2) is 5.76 Å². The molecule has 0 aliphatic carbocycles. The molecule has 0 unspecified atom stereocenters. The summed E-state index contributed by atoms with van der Waals surface area (Å²) in [7, 11) is 0. The molecule has 4 rings (SSSR count). The average Bonchev–Trinajstić information content (AvgIpc) is 3.32. The third-order valence-electron chi connectivity index (χ3n) is 4.06. The second-order valence-electron chi connectivity index (χ2n) is 5.70. The van der Waals surface area contributed by atoms with Crippen molar-refractivity contribution in [2.24, 2.45) is 4.99 Å². The lowest BCUT2D eigenvalue weighted by molar-refractivity contribution is -0.384. The molecule has 0 spiro atoms. The number of hydrogen-bond donors (Lipinski definition) is 1. The molecule has 26 heavy (non-hydrogen) atoms. The van der Waals surface area contributed by atoms with Crippen molar-refractivity contribution in [2.75, 3.05) is 13.1 Å². The summed E-state index contributed by atoms with van der Waals surface area (Å²) in [6, 6.07) is 12.0. The Balaban J connectivity index is 1.84. The van der Waals surface area contributed by atoms with E-state index >= 15 is 0 Å². The molecule has 0 radical (unpaired) electrons. The fourth-order valence-electron chi connectivity index (χ4n) is 2.81. The maximum Gasteiger partial charge on any atom is 0.269 e. The fourth-order valence-corrected chi connectivity index (χ4v) is 2.81. The van der Waals surface area contributed by atoms with E-state index in [-0.39, 0.29) is 11.5 Å². The average molecular weight is 352 g/mol. The summed E-state index contributed by atoms with van der Waals surface area (Å²) in [4.78, 5) is 14.8. The normalized spacial score (nSPS) is 13.3. The number of hydrogen-bond acceptors (Lipinski definition) is 6. The predicted molar refractivity (Wildman–Crippen MR) is 93.4 cm³/mol. The number of rotatable bonds is 4. The van der Waals surface area contributed by atoms with Crippen molar-refractivity contribution in [3.8, 4) is 22.6 Å². The van der Waals surface area contributed by atoms with Crippen LogP contribution in [0.4, 0.5) is 10.1 Å². The van der Waals surface area contributed by atoms with Crippen LogP contribution in [-0.4, -0.2) is 29.0 Å². The summed E-state index contributed by atoms with van der Waals surface area (Å²) >= 11 is 0. The molecule has 3 aromatic rings. The quantitative estimate of drug-likeness (QED) is 0.574. The predicted octanol–water partition coefficient (Wildman–Crippen LogP) is 3.41. The van der Waals surface area contributed by atoms with E-state index in [1.165, 1.54) is 24.3 Å². The van der Waals surface area contributed by atoms with Crippen LogP contribution in [0, 0.1) is 15.9 Å². The molecule has 130 valence electrons. The van der Waals surface area contributed by atoms with Gasteiger partial charge in [0, 0.05) is 29.8 Å². The molecular formula is C18H13FN4O3. The summed E-state index contributed by atoms with van der Waals surface area (Å²) in [6.07, 6.45) is 0. The first-order valence-corrected chi connectivity index (χ1v) is 7.92. The zero-order valence-corrected chi connectivity index (χ0v) is 13.5. The number of aliphatic imine (C=N–C) groups is 1. The number of halogens is 1. The van der Waals surface area contributed by atoms with E-state index < -0.39 is 4.92 Å². The Hall–Kier alpha value is -3.55. The Labute approximate surface area is 147 Å². The molecule has 0 saturated heterocycles. The first kappa shape index (κ1) is 15.9. The van der Waals surface area contributed by atoms with Crippen LogP contribution in [0.25, 0.3) is 22.6 Å². The fraction of sp³-hybridized carbons (Fsp3) is 0.111. The number of non-ortho nitro benzene ring substituents is 1. The van der Waals surface area contributed by atoms with Crippen LogP contribution in [0.1, 0.15) is 5.56 Å². The largest absolute Gasteiger partial charge is 0.368 e. The molecule has 1 aliphatic rings. The standard InChI is InChI=1S/C18H13FN4O3/c19-13-5-1-12(2-6-13)17-15(18-20-9-10-21-18)16(22-26-17)11-3-7-14(8-4-11)23(24)25/h1-8H,9-10H2,(H,20,21). The number of benzene rings is 2. The van der Waals surface area contributed by atoms with Crippen LogP contribution in [-0.2, 0) is 0 Å². The Morgan fingerprint density at radius 2 is 1.77 bits per heavy atom. The second kappa shape index (κ2) is 6.40. The summed E-state index contributed by atoms with van der Waals surface area (Å²) in [6.45, 7) is 1.33. The van der Waals surface area contributed by atoms with Gasteiger partial charge in [0.1, 0.15) is 17.3 Å². The number of nitro groups is 1. The number of amidine groups is 1. The Morgan fingerprint density at radius 1 is 1.08 bits per heavy atom. The molecule has 0 bridgehead atoms. The lowest BCUT2D eigenvalue weighted by Crippen LogP contribution is -2.20. The van der Waals surface area contributed by atoms with Gasteiger partial charge in [0.05, 0.1) is 17.0 Å². The Bertz CT molecular complexity index is 994. The van der Waals surface area contributed by atoms with Gasteiger partial charge in [-0.05, 0) is 36.4 Å². The molecule has 2 heterocycles. The monoisotopic (exact) mass is 352 g/mol. The van der Waals surface area contributed by atoms with Crippen molar-refractivity contribution in [2.45, 2.75) is 0 Å². The van der Waals surface area contributed by atoms with Gasteiger partial charge in [-0.1, -0.05) is 5.16 Å². The molecule has 0 amide bonds. The van der Waals surface area contributed by atoms with E-state index in [0.717, 1.165) is 0 Å². The van der Waals surface area contributed by atoms with Crippen molar-refractivity contribution in [3.63, 3.8) is 0 Å². The molecule has 8 heteroatoms. The van der Waals surface area contributed by atoms with Gasteiger partial charge in [0.25, 0.3) is 5.69 Å². The summed E-state index contributed by atoms with van der Waals surface area (Å²) in [5, 5.41) is 18.2. The zero-order valence-electron chi connectivity index (χ0n) is 13.5. The van der Waals surface area contributed by atoms with Crippen LogP contribution in [0.2, 0.25) is 0 Å². The lowest BCUT2D eigenvalue weighted by atomic mass is 10.0. The third-order valence-corrected chi connectivity index (χ3v) is 4.06. The topological polar surface area (TPSA) is 93.6 Å². The molecule has 0 atom stereocenters. The molecule has 7 nitrogen and oxygen atoms in total. The maximum absolute atomic E-state index is 13.2. The van der Waals surface area contributed by atoms with E-state index in [1.54, 1.807) is 24.3 Å². The number of nitrogens with one attached hydrogen (secondary N) is 1. The summed E-state index contributed by atoms with van der Waals surface area (Å²) in [5.41, 5.74) is 2.50. The highest BCUT2D eigenvalue weighted by Crippen LogP contribution is 2.33. The lowest BCUT2D eigenvalue weighted by Gasteiger charge is -2.05. The highest BCUT2D eigenvalue weighted by atomic mass is 19.1. The summed E-state index contributed by atoms with van der Waals surface area (Å²) < 4.78 is 18.8. The third kappa shape index (κ3) is 2.81. The highest BCUT2D eigenvalue weighted by Gasteiger charge is 2.25. The summed E-state index contributed by atoms with van der Waals surface area (Å²) in [5.74, 6) is 0.757. The maximum atomic E-state index is 13.2. The van der Waals surface area contributed by atoms with E-state index in [2.05, 4.69) is 15.5 Å². The number of nitrogens with zero attached hydrogens (tertiary/aromatic N) is 3. The van der Waals surface area contributed by atoms with E-state index in [0.29, 0.717) is 47.1 Å². The van der Waals surface area contributed by atoms with Crippen LogP contribution in [0.5, 0.6) is 0 Å². The van der Waals surface area contributed by atoms with Crippen molar-refractivity contribution in [1.82, 2.24) is 10.5 Å². The van der Waals surface area contributed by atoms with Gasteiger partial charge >= 0.3 is 0 Å². The van der Waals surface area contributed by atoms with Crippen molar-refractivity contribution in [1.29, 1.82) is 0 Å². The van der Waals surface area contributed by atoms with E-state index in [1.807, 2.05) is 0 Å². The Morgan fingerprint density at radius 3 is 2.38 bits per heavy atom. The van der Waals surface area contributed by atoms with Crippen molar-refractivity contribution < 1.29 is 13.8 Å². The molecule has 2 aromatic carbocycles. The number of aromatic nitrogens is 1. The van der Waals surface area contributed by atoms with Gasteiger partial charge in [-0.25, -0.2) is 4.39 Å². The number of nitro benzene ring substituents is 1. The molecule has 0 saturated carbocycles. The van der Waals surface area contributed by atoms with Gasteiger partial charge in [-0.2, -0.15) is 0 Å². The molecule has 1 aromatic heterocycles. The van der Waals surface area contributed by atoms with Gasteiger partial charge in [-0.3, -0.25) is 15.1 Å². The minimum absolute atomic E-state index is 0.00566. The smallest absolute Gasteiger partial charge is 0.269 e. The first-order chi connectivity index (χ1) is 12.6.